The lowest BCUT2D eigenvalue weighted by Gasteiger charge is -2.29. The van der Waals surface area contributed by atoms with Gasteiger partial charge in [-0.05, 0) is 32.7 Å². The van der Waals surface area contributed by atoms with Crippen LogP contribution in [0.3, 0.4) is 0 Å². The van der Waals surface area contributed by atoms with Gasteiger partial charge in [-0.15, -0.1) is 0 Å². The third kappa shape index (κ3) is 5.47. The molecule has 5 nitrogen and oxygen atoms in total. The summed E-state index contributed by atoms with van der Waals surface area (Å²) in [5, 5.41) is 0. The van der Waals surface area contributed by atoms with Gasteiger partial charge in [0, 0.05) is 38.8 Å². The summed E-state index contributed by atoms with van der Waals surface area (Å²) >= 11 is 0. The van der Waals surface area contributed by atoms with Crippen LogP contribution < -0.4 is 5.73 Å². The lowest BCUT2D eigenvalue weighted by molar-refractivity contribution is -0.135. The van der Waals surface area contributed by atoms with Gasteiger partial charge in [0.05, 0.1) is 0 Å². The van der Waals surface area contributed by atoms with Crippen molar-refractivity contribution in [2.75, 3.05) is 45.9 Å². The van der Waals surface area contributed by atoms with E-state index in [-0.39, 0.29) is 12.5 Å². The molecule has 1 unspecified atom stereocenters. The molecule has 1 amide bonds. The molecule has 0 aliphatic carbocycles. The van der Waals surface area contributed by atoms with Gasteiger partial charge in [0.2, 0.25) is 5.91 Å². The van der Waals surface area contributed by atoms with E-state index in [2.05, 4.69) is 11.8 Å². The fourth-order valence-corrected chi connectivity index (χ4v) is 2.67. The standard InChI is InChI=1S/C14H29N3O2/c1-3-13(6-7-15)16-8-5-9-17(11-10-16)14(18)12-19-4-2/h13H,3-12,15H2,1-2H3. The average Bonchev–Trinajstić information content (AvgIpc) is 2.68. The molecule has 2 N–H and O–H groups in total. The number of nitrogens with zero attached hydrogens (tertiary/aromatic N) is 2. The first-order chi connectivity index (χ1) is 9.22. The monoisotopic (exact) mass is 271 g/mol. The third-order valence-corrected chi connectivity index (χ3v) is 3.80. The highest BCUT2D eigenvalue weighted by molar-refractivity contribution is 5.77. The predicted octanol–water partition coefficient (Wildman–Crippen LogP) is 0.685. The molecule has 1 rings (SSSR count). The minimum atomic E-state index is 0.121. The summed E-state index contributed by atoms with van der Waals surface area (Å²) in [6.45, 7) is 9.36. The van der Waals surface area contributed by atoms with Gasteiger partial charge in [-0.3, -0.25) is 9.69 Å². The Morgan fingerprint density at radius 3 is 2.68 bits per heavy atom. The average molecular weight is 271 g/mol. The predicted molar refractivity (Wildman–Crippen MR) is 77.0 cm³/mol. The number of carbonyl (C=O) groups excluding carboxylic acids is 1. The fraction of sp³-hybridized carbons (Fsp3) is 0.929. The van der Waals surface area contributed by atoms with Crippen molar-refractivity contribution in [3.8, 4) is 0 Å². The Labute approximate surface area is 117 Å². The molecule has 0 radical (unpaired) electrons. The van der Waals surface area contributed by atoms with E-state index in [1.54, 1.807) is 0 Å². The number of hydrogen-bond acceptors (Lipinski definition) is 4. The van der Waals surface area contributed by atoms with E-state index in [9.17, 15) is 4.79 Å². The summed E-state index contributed by atoms with van der Waals surface area (Å²) < 4.78 is 5.20. The van der Waals surface area contributed by atoms with Crippen LogP contribution in [0.4, 0.5) is 0 Å². The van der Waals surface area contributed by atoms with Crippen LogP contribution in [0.25, 0.3) is 0 Å². The van der Waals surface area contributed by atoms with Gasteiger partial charge >= 0.3 is 0 Å². The molecule has 19 heavy (non-hydrogen) atoms. The van der Waals surface area contributed by atoms with Crippen molar-refractivity contribution in [2.45, 2.75) is 39.2 Å². The van der Waals surface area contributed by atoms with Crippen LogP contribution in [0.15, 0.2) is 0 Å². The van der Waals surface area contributed by atoms with Crippen LogP contribution in [0.2, 0.25) is 0 Å². The zero-order valence-corrected chi connectivity index (χ0v) is 12.4. The molecular formula is C14H29N3O2. The summed E-state index contributed by atoms with van der Waals surface area (Å²) in [7, 11) is 0. The summed E-state index contributed by atoms with van der Waals surface area (Å²) in [6.07, 6.45) is 3.21. The van der Waals surface area contributed by atoms with Crippen LogP contribution in [0.5, 0.6) is 0 Å². The lowest BCUT2D eigenvalue weighted by atomic mass is 10.1. The van der Waals surface area contributed by atoms with E-state index in [0.717, 1.165) is 52.0 Å². The number of rotatable bonds is 7. The number of ether oxygens (including phenoxy) is 1. The second-order valence-corrected chi connectivity index (χ2v) is 5.05. The van der Waals surface area contributed by atoms with E-state index in [4.69, 9.17) is 10.5 Å². The first-order valence-corrected chi connectivity index (χ1v) is 7.52. The highest BCUT2D eigenvalue weighted by atomic mass is 16.5. The van der Waals surface area contributed by atoms with Crippen LogP contribution in [-0.4, -0.2) is 67.7 Å². The normalized spacial score (nSPS) is 19.2. The molecule has 5 heteroatoms. The molecule has 0 spiro atoms. The zero-order chi connectivity index (χ0) is 14.1. The topological polar surface area (TPSA) is 58.8 Å². The molecule has 1 heterocycles. The minimum absolute atomic E-state index is 0.121. The SMILES string of the molecule is CCOCC(=O)N1CCCN(C(CC)CCN)CC1. The third-order valence-electron chi connectivity index (χ3n) is 3.80. The van der Waals surface area contributed by atoms with E-state index < -0.39 is 0 Å². The summed E-state index contributed by atoms with van der Waals surface area (Å²) in [5.74, 6) is 0.121. The van der Waals surface area contributed by atoms with Gasteiger partial charge in [-0.1, -0.05) is 6.92 Å². The second-order valence-electron chi connectivity index (χ2n) is 5.05. The summed E-state index contributed by atoms with van der Waals surface area (Å²) in [6, 6.07) is 0.562. The Morgan fingerprint density at radius 2 is 2.05 bits per heavy atom. The molecule has 0 aromatic heterocycles. The van der Waals surface area contributed by atoms with Crippen LogP contribution in [0.1, 0.15) is 33.1 Å². The quantitative estimate of drug-likeness (QED) is 0.740. The smallest absolute Gasteiger partial charge is 0.248 e. The Hall–Kier alpha value is -0.650. The second kappa shape index (κ2) is 9.28. The van der Waals surface area contributed by atoms with Crippen molar-refractivity contribution < 1.29 is 9.53 Å². The van der Waals surface area contributed by atoms with E-state index in [1.807, 2.05) is 11.8 Å². The number of amides is 1. The largest absolute Gasteiger partial charge is 0.372 e. The van der Waals surface area contributed by atoms with Gasteiger partial charge in [-0.2, -0.15) is 0 Å². The number of carbonyl (C=O) groups is 1. The van der Waals surface area contributed by atoms with E-state index in [1.165, 1.54) is 0 Å². The molecule has 0 bridgehead atoms. The maximum atomic E-state index is 11.9. The number of hydrogen-bond donors (Lipinski definition) is 1. The molecule has 1 saturated heterocycles. The van der Waals surface area contributed by atoms with Gasteiger partial charge in [0.1, 0.15) is 6.61 Å². The van der Waals surface area contributed by atoms with Gasteiger partial charge < -0.3 is 15.4 Å². The molecule has 1 aliphatic rings. The van der Waals surface area contributed by atoms with Crippen molar-refractivity contribution in [2.24, 2.45) is 5.73 Å². The van der Waals surface area contributed by atoms with Crippen molar-refractivity contribution in [1.82, 2.24) is 9.80 Å². The van der Waals surface area contributed by atoms with Crippen LogP contribution >= 0.6 is 0 Å². The van der Waals surface area contributed by atoms with Crippen molar-refractivity contribution in [3.63, 3.8) is 0 Å². The molecular weight excluding hydrogens is 242 g/mol. The van der Waals surface area contributed by atoms with E-state index in [0.29, 0.717) is 12.6 Å². The van der Waals surface area contributed by atoms with Crippen LogP contribution in [0, 0.1) is 0 Å². The molecule has 112 valence electrons. The maximum Gasteiger partial charge on any atom is 0.248 e. The molecule has 1 aliphatic heterocycles. The molecule has 1 atom stereocenters. The lowest BCUT2D eigenvalue weighted by Crippen LogP contribution is -2.41. The Balaban J connectivity index is 2.43. The maximum absolute atomic E-state index is 11.9. The zero-order valence-electron chi connectivity index (χ0n) is 12.4. The highest BCUT2D eigenvalue weighted by Gasteiger charge is 2.22. The highest BCUT2D eigenvalue weighted by Crippen LogP contribution is 2.12. The molecule has 0 aromatic rings. The molecule has 0 saturated carbocycles. The Morgan fingerprint density at radius 1 is 1.26 bits per heavy atom. The van der Waals surface area contributed by atoms with Gasteiger partial charge in [-0.25, -0.2) is 0 Å². The fourth-order valence-electron chi connectivity index (χ4n) is 2.67. The summed E-state index contributed by atoms with van der Waals surface area (Å²) in [4.78, 5) is 16.4. The summed E-state index contributed by atoms with van der Waals surface area (Å²) in [5.41, 5.74) is 5.67. The molecule has 1 fully saturated rings. The first kappa shape index (κ1) is 16.4. The Kier molecular flexibility index (Phi) is 8.02. The first-order valence-electron chi connectivity index (χ1n) is 7.52. The van der Waals surface area contributed by atoms with E-state index >= 15 is 0 Å². The van der Waals surface area contributed by atoms with Crippen molar-refractivity contribution in [1.29, 1.82) is 0 Å². The molecule has 0 aromatic carbocycles. The number of nitrogens with two attached hydrogens (primary N) is 1. The Bertz CT molecular complexity index is 261. The van der Waals surface area contributed by atoms with Gasteiger partial charge in [0.15, 0.2) is 0 Å². The van der Waals surface area contributed by atoms with Crippen molar-refractivity contribution in [3.05, 3.63) is 0 Å². The minimum Gasteiger partial charge on any atom is -0.372 e. The van der Waals surface area contributed by atoms with Crippen LogP contribution in [-0.2, 0) is 9.53 Å². The van der Waals surface area contributed by atoms with Crippen molar-refractivity contribution >= 4 is 5.91 Å². The van der Waals surface area contributed by atoms with Gasteiger partial charge in [0.25, 0.3) is 0 Å².